The second-order valence-corrected chi connectivity index (χ2v) is 8.69. The van der Waals surface area contributed by atoms with Crippen LogP contribution >= 0.6 is 0 Å². The fraction of sp³-hybridized carbons (Fsp3) is 0.480. The quantitative estimate of drug-likeness (QED) is 0.709. The van der Waals surface area contributed by atoms with Gasteiger partial charge in [-0.2, -0.15) is 0 Å². The van der Waals surface area contributed by atoms with Gasteiger partial charge in [-0.1, -0.05) is 24.3 Å². The van der Waals surface area contributed by atoms with Crippen LogP contribution in [0.5, 0.6) is 5.88 Å². The van der Waals surface area contributed by atoms with Crippen molar-refractivity contribution in [3.05, 3.63) is 59.3 Å². The summed E-state index contributed by atoms with van der Waals surface area (Å²) in [5.74, 6) is 1.32. The van der Waals surface area contributed by atoms with Crippen LogP contribution in [0.3, 0.4) is 0 Å². The van der Waals surface area contributed by atoms with Crippen LogP contribution in [0.25, 0.3) is 0 Å². The van der Waals surface area contributed by atoms with Crippen molar-refractivity contribution in [3.63, 3.8) is 0 Å². The van der Waals surface area contributed by atoms with Gasteiger partial charge in [-0.05, 0) is 61.6 Å². The maximum Gasteiger partial charge on any atom is 0.255 e. The number of aryl methyl sites for hydroxylation is 1. The normalized spacial score (nSPS) is 16.7. The minimum absolute atomic E-state index is 0.0451. The molecule has 2 amide bonds. The molecule has 1 aliphatic heterocycles. The van der Waals surface area contributed by atoms with E-state index < -0.39 is 0 Å². The highest BCUT2D eigenvalue weighted by atomic mass is 16.5. The maximum absolute atomic E-state index is 12.7. The number of hydrogen-bond acceptors (Lipinski definition) is 4. The number of ether oxygens (including phenoxy) is 1. The number of hydrogen-bond donors (Lipinski definition) is 1. The van der Waals surface area contributed by atoms with Crippen molar-refractivity contribution in [1.29, 1.82) is 0 Å². The zero-order valence-electron chi connectivity index (χ0n) is 18.2. The first-order valence-corrected chi connectivity index (χ1v) is 11.3. The summed E-state index contributed by atoms with van der Waals surface area (Å²) in [7, 11) is 1.57. The van der Waals surface area contributed by atoms with E-state index in [9.17, 15) is 9.59 Å². The smallest absolute Gasteiger partial charge is 0.255 e. The third-order valence-corrected chi connectivity index (χ3v) is 6.22. The van der Waals surface area contributed by atoms with Crippen molar-refractivity contribution < 1.29 is 14.3 Å². The van der Waals surface area contributed by atoms with Crippen molar-refractivity contribution >= 4 is 11.8 Å². The van der Waals surface area contributed by atoms with Gasteiger partial charge in [-0.15, -0.1) is 0 Å². The number of carbonyl (C=O) groups excluding carboxylic acids is 2. The van der Waals surface area contributed by atoms with E-state index in [1.54, 1.807) is 25.4 Å². The van der Waals surface area contributed by atoms with Crippen LogP contribution in [0, 0.1) is 5.92 Å². The van der Waals surface area contributed by atoms with Gasteiger partial charge in [-0.25, -0.2) is 4.98 Å². The number of rotatable bonds is 8. The molecule has 1 saturated carbocycles. The summed E-state index contributed by atoms with van der Waals surface area (Å²) in [4.78, 5) is 30.6. The molecule has 0 bridgehead atoms. The number of pyridine rings is 1. The number of nitrogens with zero attached hydrogens (tertiary/aromatic N) is 2. The predicted molar refractivity (Wildman–Crippen MR) is 119 cm³/mol. The molecular weight excluding hydrogens is 390 g/mol. The Morgan fingerprint density at radius 1 is 1.03 bits per heavy atom. The van der Waals surface area contributed by atoms with E-state index in [0.29, 0.717) is 29.8 Å². The summed E-state index contributed by atoms with van der Waals surface area (Å²) < 4.78 is 5.06. The van der Waals surface area contributed by atoms with Gasteiger partial charge in [0, 0.05) is 37.8 Å². The van der Waals surface area contributed by atoms with Gasteiger partial charge >= 0.3 is 0 Å². The van der Waals surface area contributed by atoms with E-state index in [1.807, 2.05) is 4.90 Å². The van der Waals surface area contributed by atoms with Gasteiger partial charge in [0.2, 0.25) is 11.8 Å². The zero-order valence-corrected chi connectivity index (χ0v) is 18.2. The molecule has 4 rings (SSSR count). The first-order chi connectivity index (χ1) is 15.1. The van der Waals surface area contributed by atoms with E-state index >= 15 is 0 Å². The molecule has 6 nitrogen and oxygen atoms in total. The van der Waals surface area contributed by atoms with Gasteiger partial charge < -0.3 is 15.0 Å². The van der Waals surface area contributed by atoms with Gasteiger partial charge in [-0.3, -0.25) is 9.59 Å². The minimum atomic E-state index is 0.0451. The van der Waals surface area contributed by atoms with Crippen LogP contribution in [0.4, 0.5) is 0 Å². The molecule has 2 aliphatic rings. The molecule has 0 spiro atoms. The number of nitrogens with one attached hydrogen (secondary N) is 1. The topological polar surface area (TPSA) is 71.5 Å². The average molecular weight is 422 g/mol. The van der Waals surface area contributed by atoms with Crippen molar-refractivity contribution in [2.75, 3.05) is 20.2 Å². The van der Waals surface area contributed by atoms with Crippen LogP contribution in [0.15, 0.2) is 42.6 Å². The molecule has 0 atom stereocenters. The average Bonchev–Trinajstić information content (AvgIpc) is 3.63. The van der Waals surface area contributed by atoms with E-state index in [-0.39, 0.29) is 11.8 Å². The van der Waals surface area contributed by atoms with Crippen LogP contribution in [0.1, 0.15) is 53.6 Å². The molecule has 0 radical (unpaired) electrons. The molecule has 1 aliphatic carbocycles. The lowest BCUT2D eigenvalue weighted by Gasteiger charge is -2.32. The van der Waals surface area contributed by atoms with Crippen molar-refractivity contribution in [2.24, 2.45) is 5.92 Å². The Morgan fingerprint density at radius 3 is 2.35 bits per heavy atom. The standard InChI is InChI=1S/C25H31N3O3/c1-31-24-11-7-21(17-26-24)25(30)28-14-12-20(13-15-28)16-19-4-2-18(3-5-19)6-10-23(29)27-22-8-9-22/h2-5,7,11,17,20,22H,6,8-10,12-16H2,1H3,(H,27,29). The second kappa shape index (κ2) is 9.94. The Labute approximate surface area is 184 Å². The van der Waals surface area contributed by atoms with Crippen LogP contribution < -0.4 is 10.1 Å². The van der Waals surface area contributed by atoms with Gasteiger partial charge in [0.1, 0.15) is 0 Å². The monoisotopic (exact) mass is 421 g/mol. The predicted octanol–water partition coefficient (Wildman–Crippen LogP) is 3.40. The van der Waals surface area contributed by atoms with Crippen LogP contribution in [-0.4, -0.2) is 47.9 Å². The first kappa shape index (κ1) is 21.3. The van der Waals surface area contributed by atoms with Crippen molar-refractivity contribution in [1.82, 2.24) is 15.2 Å². The Bertz CT molecular complexity index is 883. The first-order valence-electron chi connectivity index (χ1n) is 11.3. The fourth-order valence-corrected chi connectivity index (χ4v) is 4.11. The van der Waals surface area contributed by atoms with Gasteiger partial charge in [0.15, 0.2) is 0 Å². The van der Waals surface area contributed by atoms with Gasteiger partial charge in [0.25, 0.3) is 5.91 Å². The largest absolute Gasteiger partial charge is 0.481 e. The number of carbonyl (C=O) groups is 2. The fourth-order valence-electron chi connectivity index (χ4n) is 4.11. The van der Waals surface area contributed by atoms with Gasteiger partial charge in [0.05, 0.1) is 12.7 Å². The minimum Gasteiger partial charge on any atom is -0.481 e. The molecule has 2 fully saturated rings. The van der Waals surface area contributed by atoms with Crippen LogP contribution in [0.2, 0.25) is 0 Å². The molecule has 6 heteroatoms. The van der Waals surface area contributed by atoms with E-state index in [1.165, 1.54) is 11.1 Å². The Morgan fingerprint density at radius 2 is 1.74 bits per heavy atom. The second-order valence-electron chi connectivity index (χ2n) is 8.69. The molecule has 0 unspecified atom stereocenters. The summed E-state index contributed by atoms with van der Waals surface area (Å²) in [6.07, 6.45) is 8.26. The highest BCUT2D eigenvalue weighted by Crippen LogP contribution is 2.24. The molecular formula is C25H31N3O3. The lowest BCUT2D eigenvalue weighted by Crippen LogP contribution is -2.38. The molecule has 1 aromatic heterocycles. The summed E-state index contributed by atoms with van der Waals surface area (Å²) in [5.41, 5.74) is 3.15. The van der Waals surface area contributed by atoms with E-state index in [2.05, 4.69) is 34.6 Å². The number of aromatic nitrogens is 1. The molecule has 2 aromatic rings. The highest BCUT2D eigenvalue weighted by molar-refractivity contribution is 5.94. The maximum atomic E-state index is 12.7. The number of amides is 2. The van der Waals surface area contributed by atoms with Crippen LogP contribution in [-0.2, 0) is 17.6 Å². The zero-order chi connectivity index (χ0) is 21.6. The molecule has 31 heavy (non-hydrogen) atoms. The van der Waals surface area contributed by atoms with Crippen molar-refractivity contribution in [2.45, 2.75) is 51.0 Å². The molecule has 1 N–H and O–H groups in total. The molecule has 164 valence electrons. The summed E-state index contributed by atoms with van der Waals surface area (Å²) in [6, 6.07) is 12.6. The molecule has 1 saturated heterocycles. The lowest BCUT2D eigenvalue weighted by molar-refractivity contribution is -0.121. The Hall–Kier alpha value is -2.89. The van der Waals surface area contributed by atoms with Crippen molar-refractivity contribution in [3.8, 4) is 5.88 Å². The molecule has 2 heterocycles. The Balaban J connectivity index is 1.21. The number of likely N-dealkylation sites (tertiary alicyclic amines) is 1. The number of methoxy groups -OCH3 is 1. The third-order valence-electron chi connectivity index (χ3n) is 6.22. The van der Waals surface area contributed by atoms with E-state index in [4.69, 9.17) is 4.74 Å². The SMILES string of the molecule is COc1ccc(C(=O)N2CCC(Cc3ccc(CCC(=O)NC4CC4)cc3)CC2)cn1. The summed E-state index contributed by atoms with van der Waals surface area (Å²) in [5, 5.41) is 3.04. The highest BCUT2D eigenvalue weighted by Gasteiger charge is 2.24. The number of benzene rings is 1. The third kappa shape index (κ3) is 6.06. The summed E-state index contributed by atoms with van der Waals surface area (Å²) >= 11 is 0. The van der Waals surface area contributed by atoms with E-state index in [0.717, 1.165) is 51.6 Å². The Kier molecular flexibility index (Phi) is 6.85. The summed E-state index contributed by atoms with van der Waals surface area (Å²) in [6.45, 7) is 1.56. The lowest BCUT2D eigenvalue weighted by atomic mass is 9.89. The number of piperidine rings is 1. The molecule has 1 aromatic carbocycles.